The molecule has 4 heteroatoms. The van der Waals surface area contributed by atoms with Crippen LogP contribution in [-0.4, -0.2) is 36.6 Å². The smallest absolute Gasteiger partial charge is 0.322 e. The van der Waals surface area contributed by atoms with Gasteiger partial charge >= 0.3 is 6.03 Å². The quantitative estimate of drug-likeness (QED) is 0.893. The predicted molar refractivity (Wildman–Crippen MR) is 87.6 cm³/mol. The minimum atomic E-state index is 0.00846. The van der Waals surface area contributed by atoms with Crippen molar-refractivity contribution in [1.82, 2.24) is 10.2 Å². The Balaban J connectivity index is 1.98. The Labute approximate surface area is 127 Å². The molecule has 0 aliphatic carbocycles. The van der Waals surface area contributed by atoms with E-state index in [1.807, 2.05) is 36.1 Å². The number of hydrogen-bond acceptors (Lipinski definition) is 2. The largest absolute Gasteiger partial charge is 0.322 e. The van der Waals surface area contributed by atoms with Crippen molar-refractivity contribution < 1.29 is 4.79 Å². The number of nitrogens with zero attached hydrogens (tertiary/aromatic N) is 1. The molecule has 1 aliphatic heterocycles. The minimum Gasteiger partial charge on any atom is -0.322 e. The van der Waals surface area contributed by atoms with Crippen molar-refractivity contribution in [2.45, 2.75) is 39.7 Å². The molecule has 0 saturated carbocycles. The second-order valence-electron chi connectivity index (χ2n) is 6.24. The van der Waals surface area contributed by atoms with Gasteiger partial charge in [0.05, 0.1) is 0 Å². The highest BCUT2D eigenvalue weighted by Gasteiger charge is 2.22. The van der Waals surface area contributed by atoms with Crippen molar-refractivity contribution in [2.24, 2.45) is 5.92 Å². The lowest BCUT2D eigenvalue weighted by Crippen LogP contribution is -2.44. The number of nitrogens with one attached hydrogen (secondary N) is 2. The average Bonchev–Trinajstić information content (AvgIpc) is 2.45. The molecular weight excluding hydrogens is 262 g/mol. The molecular formula is C17H27N3O. The predicted octanol–water partition coefficient (Wildman–Crippen LogP) is 3.24. The Morgan fingerprint density at radius 1 is 1.38 bits per heavy atom. The molecule has 116 valence electrons. The fraction of sp³-hybridized carbons (Fsp3) is 0.588. The zero-order valence-electron chi connectivity index (χ0n) is 13.4. The number of aryl methyl sites for hydroxylation is 1. The third-order valence-electron chi connectivity index (χ3n) is 4.07. The van der Waals surface area contributed by atoms with Gasteiger partial charge in [0, 0.05) is 18.3 Å². The first kappa shape index (κ1) is 15.8. The van der Waals surface area contributed by atoms with E-state index in [-0.39, 0.29) is 12.1 Å². The summed E-state index contributed by atoms with van der Waals surface area (Å²) in [5.41, 5.74) is 2.03. The van der Waals surface area contributed by atoms with Crippen LogP contribution in [0, 0.1) is 12.8 Å². The van der Waals surface area contributed by atoms with Crippen LogP contribution in [-0.2, 0) is 0 Å². The minimum absolute atomic E-state index is 0.00846. The number of benzene rings is 1. The number of carbonyl (C=O) groups excluding carboxylic acids is 1. The molecule has 21 heavy (non-hydrogen) atoms. The molecule has 0 aromatic heterocycles. The number of carbonyl (C=O) groups is 1. The van der Waals surface area contributed by atoms with Crippen molar-refractivity contribution in [3.8, 4) is 0 Å². The number of urea groups is 1. The maximum Gasteiger partial charge on any atom is 0.322 e. The Hall–Kier alpha value is -1.55. The maximum absolute atomic E-state index is 12.5. The Morgan fingerprint density at radius 2 is 2.10 bits per heavy atom. The van der Waals surface area contributed by atoms with Crippen molar-refractivity contribution in [1.29, 1.82) is 0 Å². The van der Waals surface area contributed by atoms with Gasteiger partial charge in [0.1, 0.15) is 0 Å². The van der Waals surface area contributed by atoms with Gasteiger partial charge < -0.3 is 15.5 Å². The molecule has 1 heterocycles. The third kappa shape index (κ3) is 4.74. The van der Waals surface area contributed by atoms with Gasteiger partial charge in [0.25, 0.3) is 0 Å². The monoisotopic (exact) mass is 289 g/mol. The standard InChI is InChI=1S/C17H27N3O/c1-13(2)20(12-15-7-9-18-10-8-15)17(21)19-16-6-4-5-14(3)11-16/h4-6,11,13,15,18H,7-10,12H2,1-3H3,(H,19,21). The lowest BCUT2D eigenvalue weighted by Gasteiger charge is -2.32. The molecule has 2 rings (SSSR count). The summed E-state index contributed by atoms with van der Waals surface area (Å²) in [4.78, 5) is 14.5. The van der Waals surface area contributed by atoms with E-state index in [1.165, 1.54) is 0 Å². The van der Waals surface area contributed by atoms with E-state index >= 15 is 0 Å². The summed E-state index contributed by atoms with van der Waals surface area (Å²) >= 11 is 0. The topological polar surface area (TPSA) is 44.4 Å². The van der Waals surface area contributed by atoms with E-state index < -0.39 is 0 Å². The number of anilines is 1. The third-order valence-corrected chi connectivity index (χ3v) is 4.07. The first-order valence-corrected chi connectivity index (χ1v) is 7.91. The van der Waals surface area contributed by atoms with Crippen molar-refractivity contribution in [2.75, 3.05) is 25.0 Å². The summed E-state index contributed by atoms with van der Waals surface area (Å²) in [5.74, 6) is 0.608. The van der Waals surface area contributed by atoms with Crippen LogP contribution >= 0.6 is 0 Å². The summed E-state index contributed by atoms with van der Waals surface area (Å²) in [7, 11) is 0. The lowest BCUT2D eigenvalue weighted by atomic mass is 9.97. The molecule has 0 spiro atoms. The zero-order valence-corrected chi connectivity index (χ0v) is 13.4. The van der Waals surface area contributed by atoms with Crippen molar-refractivity contribution in [3.63, 3.8) is 0 Å². The van der Waals surface area contributed by atoms with Crippen LogP contribution in [0.15, 0.2) is 24.3 Å². The second kappa shape index (κ2) is 7.46. The van der Waals surface area contributed by atoms with Gasteiger partial charge in [-0.1, -0.05) is 12.1 Å². The molecule has 1 aromatic carbocycles. The van der Waals surface area contributed by atoms with Crippen LogP contribution in [0.2, 0.25) is 0 Å². The summed E-state index contributed by atoms with van der Waals surface area (Å²) in [5, 5.41) is 6.40. The fourth-order valence-corrected chi connectivity index (χ4v) is 2.79. The van der Waals surface area contributed by atoms with Gasteiger partial charge in [-0.05, 0) is 70.3 Å². The first-order valence-electron chi connectivity index (χ1n) is 7.91. The van der Waals surface area contributed by atoms with E-state index in [9.17, 15) is 4.79 Å². The van der Waals surface area contributed by atoms with Crippen molar-refractivity contribution in [3.05, 3.63) is 29.8 Å². The molecule has 4 nitrogen and oxygen atoms in total. The van der Waals surface area contributed by atoms with Crippen LogP contribution in [0.25, 0.3) is 0 Å². The highest BCUT2D eigenvalue weighted by atomic mass is 16.2. The van der Waals surface area contributed by atoms with Crippen LogP contribution in [0.4, 0.5) is 10.5 Å². The van der Waals surface area contributed by atoms with E-state index in [0.717, 1.165) is 43.7 Å². The van der Waals surface area contributed by atoms with Crippen LogP contribution in [0.5, 0.6) is 0 Å². The highest BCUT2D eigenvalue weighted by molar-refractivity contribution is 5.89. The van der Waals surface area contributed by atoms with E-state index in [4.69, 9.17) is 0 Å². The molecule has 1 aliphatic rings. The highest BCUT2D eigenvalue weighted by Crippen LogP contribution is 2.17. The van der Waals surface area contributed by atoms with Gasteiger partial charge in [0.15, 0.2) is 0 Å². The molecule has 0 bridgehead atoms. The van der Waals surface area contributed by atoms with Crippen LogP contribution in [0.3, 0.4) is 0 Å². The van der Waals surface area contributed by atoms with Gasteiger partial charge in [0.2, 0.25) is 0 Å². The Morgan fingerprint density at radius 3 is 2.71 bits per heavy atom. The van der Waals surface area contributed by atoms with Gasteiger partial charge in [-0.2, -0.15) is 0 Å². The Bertz CT molecular complexity index is 467. The van der Waals surface area contributed by atoms with Gasteiger partial charge in [-0.3, -0.25) is 0 Å². The maximum atomic E-state index is 12.5. The summed E-state index contributed by atoms with van der Waals surface area (Å²) in [6.07, 6.45) is 2.31. The molecule has 1 fully saturated rings. The molecule has 1 aromatic rings. The van der Waals surface area contributed by atoms with E-state index in [2.05, 4.69) is 24.5 Å². The molecule has 0 radical (unpaired) electrons. The first-order chi connectivity index (χ1) is 10.1. The summed E-state index contributed by atoms with van der Waals surface area (Å²) in [6, 6.07) is 8.16. The zero-order chi connectivity index (χ0) is 15.2. The van der Waals surface area contributed by atoms with Crippen LogP contribution < -0.4 is 10.6 Å². The summed E-state index contributed by atoms with van der Waals surface area (Å²) < 4.78 is 0. The number of piperidine rings is 1. The fourth-order valence-electron chi connectivity index (χ4n) is 2.79. The second-order valence-corrected chi connectivity index (χ2v) is 6.24. The normalized spacial score (nSPS) is 16.0. The molecule has 0 atom stereocenters. The lowest BCUT2D eigenvalue weighted by molar-refractivity contribution is 0.175. The van der Waals surface area contributed by atoms with E-state index in [1.54, 1.807) is 0 Å². The van der Waals surface area contributed by atoms with Crippen molar-refractivity contribution >= 4 is 11.7 Å². The molecule has 2 amide bonds. The number of amides is 2. The van der Waals surface area contributed by atoms with Crippen LogP contribution in [0.1, 0.15) is 32.3 Å². The van der Waals surface area contributed by atoms with Gasteiger partial charge in [-0.15, -0.1) is 0 Å². The summed E-state index contributed by atoms with van der Waals surface area (Å²) in [6.45, 7) is 9.17. The van der Waals surface area contributed by atoms with E-state index in [0.29, 0.717) is 5.92 Å². The average molecular weight is 289 g/mol. The van der Waals surface area contributed by atoms with Gasteiger partial charge in [-0.25, -0.2) is 4.79 Å². The molecule has 2 N–H and O–H groups in total. The molecule has 1 saturated heterocycles. The molecule has 0 unspecified atom stereocenters. The number of hydrogen-bond donors (Lipinski definition) is 2. The SMILES string of the molecule is Cc1cccc(NC(=O)N(CC2CCNCC2)C(C)C)c1. The Kier molecular flexibility index (Phi) is 5.62. The number of rotatable bonds is 4.